The first kappa shape index (κ1) is 11.1. The summed E-state index contributed by atoms with van der Waals surface area (Å²) in [4.78, 5) is 0. The van der Waals surface area contributed by atoms with Gasteiger partial charge in [-0.3, -0.25) is 0 Å². The Hall–Kier alpha value is -0.420. The summed E-state index contributed by atoms with van der Waals surface area (Å²) in [6, 6.07) is 2.70. The van der Waals surface area contributed by atoms with Gasteiger partial charge in [0.15, 0.2) is 5.00 Å². The minimum atomic E-state index is 0.222. The predicted molar refractivity (Wildman–Crippen MR) is 63.4 cm³/mol. The average Bonchev–Trinajstić information content (AvgIpc) is 2.71. The van der Waals surface area contributed by atoms with E-state index in [0.29, 0.717) is 11.1 Å². The highest BCUT2D eigenvalue weighted by Crippen LogP contribution is 2.32. The number of hydrogen-bond acceptors (Lipinski definition) is 3. The van der Waals surface area contributed by atoms with Crippen molar-refractivity contribution in [1.82, 2.24) is 5.32 Å². The zero-order valence-corrected chi connectivity index (χ0v) is 10.1. The van der Waals surface area contributed by atoms with Crippen LogP contribution in [0.2, 0.25) is 0 Å². The Morgan fingerprint density at radius 3 is 3.07 bits per heavy atom. The number of quaternary nitrogens is 1. The first-order valence-electron chi connectivity index (χ1n) is 5.62. The van der Waals surface area contributed by atoms with E-state index < -0.39 is 0 Å². The molecule has 2 rings (SSSR count). The van der Waals surface area contributed by atoms with E-state index in [-0.39, 0.29) is 6.04 Å². The predicted octanol–water partition coefficient (Wildman–Crippen LogP) is 1.60. The molecule has 1 aromatic rings. The Morgan fingerprint density at radius 2 is 2.40 bits per heavy atom. The van der Waals surface area contributed by atoms with Crippen LogP contribution in [-0.4, -0.2) is 12.6 Å². The zero-order valence-electron chi connectivity index (χ0n) is 9.25. The van der Waals surface area contributed by atoms with Gasteiger partial charge in [0.1, 0.15) is 0 Å². The van der Waals surface area contributed by atoms with Gasteiger partial charge >= 0.3 is 0 Å². The molecule has 4 heteroatoms. The lowest BCUT2D eigenvalue weighted by Crippen LogP contribution is -3.07. The molecular weight excluding hydrogens is 208 g/mol. The topological polar surface area (TPSA) is 39.5 Å². The standard InChI is InChI=1S/C11H18N2OS/c1-3-8-7-10(12-4-2)9-5-6-15-11(9)13(8)14/h5-6,8,10,12-13H,3-4,7H2,1-2H3. The molecule has 2 N–H and O–H groups in total. The van der Waals surface area contributed by atoms with Crippen molar-refractivity contribution in [3.8, 4) is 0 Å². The summed E-state index contributed by atoms with van der Waals surface area (Å²) in [7, 11) is 0. The Labute approximate surface area is 94.7 Å². The van der Waals surface area contributed by atoms with Crippen molar-refractivity contribution in [2.24, 2.45) is 0 Å². The molecular formula is C11H18N2OS. The van der Waals surface area contributed by atoms with Crippen LogP contribution in [0, 0.1) is 5.21 Å². The lowest BCUT2D eigenvalue weighted by Gasteiger charge is -2.37. The molecule has 84 valence electrons. The third-order valence-corrected chi connectivity index (χ3v) is 4.07. The summed E-state index contributed by atoms with van der Waals surface area (Å²) < 4.78 is 0. The molecule has 0 saturated heterocycles. The SMILES string of the molecule is CCNC1CC(CC)[NH+]([O-])c2sccc21. The number of hydrogen-bond donors (Lipinski definition) is 2. The number of thiophene rings is 1. The number of hydroxylamine groups is 1. The molecule has 0 aromatic carbocycles. The van der Waals surface area contributed by atoms with E-state index in [1.807, 2.05) is 5.38 Å². The largest absolute Gasteiger partial charge is 0.628 e. The van der Waals surface area contributed by atoms with E-state index in [9.17, 15) is 5.21 Å². The van der Waals surface area contributed by atoms with Gasteiger partial charge in [-0.15, -0.1) is 0 Å². The molecule has 3 nitrogen and oxygen atoms in total. The second kappa shape index (κ2) is 4.61. The van der Waals surface area contributed by atoms with E-state index in [0.717, 1.165) is 24.4 Å². The fourth-order valence-corrected chi connectivity index (χ4v) is 3.27. The summed E-state index contributed by atoms with van der Waals surface area (Å²) in [5, 5.41) is 18.9. The Balaban J connectivity index is 2.27. The minimum Gasteiger partial charge on any atom is -0.628 e. The van der Waals surface area contributed by atoms with Crippen LogP contribution in [0.1, 0.15) is 38.3 Å². The van der Waals surface area contributed by atoms with Crippen LogP contribution in [0.3, 0.4) is 0 Å². The quantitative estimate of drug-likeness (QED) is 0.768. The normalized spacial score (nSPS) is 30.2. The Bertz CT molecular complexity index is 316. The molecule has 1 aromatic heterocycles. The van der Waals surface area contributed by atoms with Crippen molar-refractivity contribution in [2.45, 2.75) is 38.8 Å². The van der Waals surface area contributed by atoms with Crippen LogP contribution in [0.25, 0.3) is 0 Å². The van der Waals surface area contributed by atoms with Gasteiger partial charge in [0.25, 0.3) is 0 Å². The fraction of sp³-hybridized carbons (Fsp3) is 0.636. The molecule has 0 bridgehead atoms. The summed E-state index contributed by atoms with van der Waals surface area (Å²) >= 11 is 1.59. The number of nitrogens with one attached hydrogen (secondary N) is 2. The fourth-order valence-electron chi connectivity index (χ4n) is 2.29. The van der Waals surface area contributed by atoms with Gasteiger partial charge < -0.3 is 15.6 Å². The molecule has 0 saturated carbocycles. The highest BCUT2D eigenvalue weighted by Gasteiger charge is 2.32. The van der Waals surface area contributed by atoms with Gasteiger partial charge in [0, 0.05) is 18.0 Å². The van der Waals surface area contributed by atoms with Crippen LogP contribution in [0.4, 0.5) is 5.00 Å². The smallest absolute Gasteiger partial charge is 0.191 e. The highest BCUT2D eigenvalue weighted by molar-refractivity contribution is 7.13. The maximum atomic E-state index is 12.0. The van der Waals surface area contributed by atoms with Crippen LogP contribution in [0.15, 0.2) is 11.4 Å². The maximum absolute atomic E-state index is 12.0. The number of rotatable bonds is 3. The molecule has 15 heavy (non-hydrogen) atoms. The molecule has 0 radical (unpaired) electrons. The van der Waals surface area contributed by atoms with Gasteiger partial charge in [0.2, 0.25) is 0 Å². The van der Waals surface area contributed by atoms with Crippen molar-refractivity contribution in [1.29, 1.82) is 0 Å². The van der Waals surface area contributed by atoms with Gasteiger partial charge in [-0.1, -0.05) is 25.2 Å². The monoisotopic (exact) mass is 226 g/mol. The molecule has 3 atom stereocenters. The molecule has 0 fully saturated rings. The van der Waals surface area contributed by atoms with Crippen LogP contribution < -0.4 is 10.4 Å². The average molecular weight is 226 g/mol. The molecule has 0 spiro atoms. The molecule has 0 amide bonds. The van der Waals surface area contributed by atoms with E-state index in [1.165, 1.54) is 5.56 Å². The lowest BCUT2D eigenvalue weighted by molar-refractivity contribution is -0.808. The molecule has 3 unspecified atom stereocenters. The van der Waals surface area contributed by atoms with E-state index >= 15 is 0 Å². The zero-order chi connectivity index (χ0) is 10.8. The Kier molecular flexibility index (Phi) is 3.41. The van der Waals surface area contributed by atoms with Gasteiger partial charge in [0.05, 0.1) is 6.04 Å². The van der Waals surface area contributed by atoms with Crippen LogP contribution >= 0.6 is 11.3 Å². The maximum Gasteiger partial charge on any atom is 0.191 e. The van der Waals surface area contributed by atoms with Crippen LogP contribution in [0.5, 0.6) is 0 Å². The van der Waals surface area contributed by atoms with Crippen molar-refractivity contribution in [3.05, 3.63) is 22.2 Å². The molecule has 0 aliphatic carbocycles. The molecule has 1 aliphatic rings. The first-order chi connectivity index (χ1) is 7.27. The third kappa shape index (κ3) is 1.95. The minimum absolute atomic E-state index is 0.222. The van der Waals surface area contributed by atoms with Crippen LogP contribution in [-0.2, 0) is 0 Å². The number of fused-ring (bicyclic) bond motifs is 1. The summed E-state index contributed by atoms with van der Waals surface area (Å²) in [5.41, 5.74) is 1.22. The van der Waals surface area contributed by atoms with Crippen molar-refractivity contribution < 1.29 is 5.06 Å². The second-order valence-corrected chi connectivity index (χ2v) is 4.94. The summed E-state index contributed by atoms with van der Waals surface area (Å²) in [6.45, 7) is 5.18. The third-order valence-electron chi connectivity index (χ3n) is 3.13. The van der Waals surface area contributed by atoms with Crippen molar-refractivity contribution >= 4 is 16.3 Å². The van der Waals surface area contributed by atoms with E-state index in [1.54, 1.807) is 11.3 Å². The van der Waals surface area contributed by atoms with Crippen molar-refractivity contribution in [3.63, 3.8) is 0 Å². The lowest BCUT2D eigenvalue weighted by atomic mass is 9.95. The molecule has 1 aliphatic heterocycles. The Morgan fingerprint density at radius 1 is 1.60 bits per heavy atom. The highest BCUT2D eigenvalue weighted by atomic mass is 32.1. The summed E-state index contributed by atoms with van der Waals surface area (Å²) in [5.74, 6) is 0. The van der Waals surface area contributed by atoms with Crippen molar-refractivity contribution in [2.75, 3.05) is 6.54 Å². The van der Waals surface area contributed by atoms with Gasteiger partial charge in [-0.2, -0.15) is 0 Å². The van der Waals surface area contributed by atoms with E-state index in [4.69, 9.17) is 0 Å². The summed E-state index contributed by atoms with van der Waals surface area (Å²) in [6.07, 6.45) is 1.92. The van der Waals surface area contributed by atoms with Gasteiger partial charge in [-0.05, 0) is 24.4 Å². The van der Waals surface area contributed by atoms with E-state index in [2.05, 4.69) is 25.2 Å². The molecule has 2 heterocycles. The first-order valence-corrected chi connectivity index (χ1v) is 6.50. The van der Waals surface area contributed by atoms with Gasteiger partial charge in [-0.25, -0.2) is 0 Å². The second-order valence-electron chi connectivity index (χ2n) is 4.02.